The lowest BCUT2D eigenvalue weighted by Crippen LogP contribution is -2.14. The van der Waals surface area contributed by atoms with Crippen LogP contribution in [0.1, 0.15) is 32.4 Å². The van der Waals surface area contributed by atoms with Gasteiger partial charge in [0.2, 0.25) is 0 Å². The Kier molecular flexibility index (Phi) is 4.54. The molecule has 0 amide bonds. The summed E-state index contributed by atoms with van der Waals surface area (Å²) < 4.78 is 2.00. The van der Waals surface area contributed by atoms with E-state index in [2.05, 4.69) is 30.3 Å². The Morgan fingerprint density at radius 1 is 1.38 bits per heavy atom. The molecule has 74 valence electrons. The summed E-state index contributed by atoms with van der Waals surface area (Å²) >= 11 is 0. The molecule has 0 aliphatic heterocycles. The second kappa shape index (κ2) is 5.75. The lowest BCUT2D eigenvalue weighted by molar-refractivity contribution is 0.581. The maximum absolute atomic E-state index is 4.43. The molecule has 1 N–H and O–H groups in total. The van der Waals surface area contributed by atoms with E-state index in [1.54, 1.807) is 0 Å². The van der Waals surface area contributed by atoms with Gasteiger partial charge in [-0.3, -0.25) is 4.68 Å². The van der Waals surface area contributed by atoms with Gasteiger partial charge in [-0.15, -0.1) is 0 Å². The minimum Gasteiger partial charge on any atom is -0.311 e. The van der Waals surface area contributed by atoms with Crippen LogP contribution in [-0.2, 0) is 13.1 Å². The summed E-state index contributed by atoms with van der Waals surface area (Å²) in [5, 5.41) is 7.76. The highest BCUT2D eigenvalue weighted by atomic mass is 15.3. The number of aryl methyl sites for hydroxylation is 1. The smallest absolute Gasteiger partial charge is 0.0762 e. The van der Waals surface area contributed by atoms with Crippen molar-refractivity contribution < 1.29 is 0 Å². The quantitative estimate of drug-likeness (QED) is 0.678. The SMILES string of the molecule is CCCNCc1ccn(CCC)n1. The highest BCUT2D eigenvalue weighted by molar-refractivity contribution is 4.98. The predicted octanol–water partition coefficient (Wildman–Crippen LogP) is 1.79. The van der Waals surface area contributed by atoms with Gasteiger partial charge in [0.25, 0.3) is 0 Å². The molecule has 0 spiro atoms. The third-order valence-electron chi connectivity index (χ3n) is 1.88. The van der Waals surface area contributed by atoms with Gasteiger partial charge in [0.15, 0.2) is 0 Å². The van der Waals surface area contributed by atoms with E-state index in [-0.39, 0.29) is 0 Å². The fourth-order valence-electron chi connectivity index (χ4n) is 1.24. The number of hydrogen-bond donors (Lipinski definition) is 1. The van der Waals surface area contributed by atoms with Gasteiger partial charge in [0.05, 0.1) is 5.69 Å². The Balaban J connectivity index is 2.31. The van der Waals surface area contributed by atoms with E-state index >= 15 is 0 Å². The van der Waals surface area contributed by atoms with Crippen LogP contribution in [0.5, 0.6) is 0 Å². The van der Waals surface area contributed by atoms with Crippen molar-refractivity contribution in [1.82, 2.24) is 15.1 Å². The van der Waals surface area contributed by atoms with Gasteiger partial charge in [-0.05, 0) is 25.5 Å². The van der Waals surface area contributed by atoms with Crippen molar-refractivity contribution in [3.8, 4) is 0 Å². The van der Waals surface area contributed by atoms with E-state index in [1.165, 1.54) is 6.42 Å². The van der Waals surface area contributed by atoms with Crippen LogP contribution in [-0.4, -0.2) is 16.3 Å². The van der Waals surface area contributed by atoms with Crippen LogP contribution in [0.4, 0.5) is 0 Å². The van der Waals surface area contributed by atoms with Gasteiger partial charge in [0.1, 0.15) is 0 Å². The number of nitrogens with zero attached hydrogens (tertiary/aromatic N) is 2. The van der Waals surface area contributed by atoms with Crippen LogP contribution in [0.25, 0.3) is 0 Å². The van der Waals surface area contributed by atoms with Crippen LogP contribution < -0.4 is 5.32 Å². The molecular formula is C10H19N3. The van der Waals surface area contributed by atoms with E-state index in [0.717, 1.165) is 31.7 Å². The number of nitrogens with one attached hydrogen (secondary N) is 1. The third kappa shape index (κ3) is 3.59. The van der Waals surface area contributed by atoms with Gasteiger partial charge < -0.3 is 5.32 Å². The Morgan fingerprint density at radius 2 is 2.23 bits per heavy atom. The van der Waals surface area contributed by atoms with Crippen molar-refractivity contribution in [2.75, 3.05) is 6.54 Å². The molecule has 1 rings (SSSR count). The van der Waals surface area contributed by atoms with E-state index in [1.807, 2.05) is 10.9 Å². The van der Waals surface area contributed by atoms with Crippen molar-refractivity contribution in [1.29, 1.82) is 0 Å². The summed E-state index contributed by atoms with van der Waals surface area (Å²) in [4.78, 5) is 0. The monoisotopic (exact) mass is 181 g/mol. The number of rotatable bonds is 6. The van der Waals surface area contributed by atoms with Crippen LogP contribution in [0, 0.1) is 0 Å². The van der Waals surface area contributed by atoms with Gasteiger partial charge >= 0.3 is 0 Å². The van der Waals surface area contributed by atoms with Crippen LogP contribution in [0.2, 0.25) is 0 Å². The Morgan fingerprint density at radius 3 is 2.92 bits per heavy atom. The summed E-state index contributed by atoms with van der Waals surface area (Å²) in [6.45, 7) is 7.32. The molecule has 0 aliphatic rings. The lowest BCUT2D eigenvalue weighted by atomic mass is 10.4. The lowest BCUT2D eigenvalue weighted by Gasteiger charge is -1.99. The molecule has 0 saturated carbocycles. The predicted molar refractivity (Wildman–Crippen MR) is 54.5 cm³/mol. The first-order valence-electron chi connectivity index (χ1n) is 5.09. The van der Waals surface area contributed by atoms with Crippen LogP contribution in [0.3, 0.4) is 0 Å². The number of aromatic nitrogens is 2. The molecule has 1 aromatic rings. The van der Waals surface area contributed by atoms with Gasteiger partial charge in [-0.2, -0.15) is 5.10 Å². The molecule has 0 unspecified atom stereocenters. The molecule has 0 atom stereocenters. The number of hydrogen-bond acceptors (Lipinski definition) is 2. The zero-order valence-electron chi connectivity index (χ0n) is 8.58. The zero-order chi connectivity index (χ0) is 9.52. The minimum atomic E-state index is 0.893. The van der Waals surface area contributed by atoms with Crippen molar-refractivity contribution >= 4 is 0 Å². The first kappa shape index (κ1) is 10.3. The zero-order valence-corrected chi connectivity index (χ0v) is 8.58. The fourth-order valence-corrected chi connectivity index (χ4v) is 1.24. The maximum atomic E-state index is 4.43. The summed E-state index contributed by atoms with van der Waals surface area (Å²) in [5.41, 5.74) is 1.14. The molecule has 13 heavy (non-hydrogen) atoms. The van der Waals surface area contributed by atoms with Gasteiger partial charge in [-0.25, -0.2) is 0 Å². The van der Waals surface area contributed by atoms with E-state index in [4.69, 9.17) is 0 Å². The highest BCUT2D eigenvalue weighted by Crippen LogP contribution is 1.96. The summed E-state index contributed by atoms with van der Waals surface area (Å²) in [7, 11) is 0. The van der Waals surface area contributed by atoms with Crippen molar-refractivity contribution in [2.24, 2.45) is 0 Å². The largest absolute Gasteiger partial charge is 0.311 e. The summed E-state index contributed by atoms with van der Waals surface area (Å²) in [5.74, 6) is 0. The second-order valence-electron chi connectivity index (χ2n) is 3.25. The molecule has 0 bridgehead atoms. The molecule has 0 aliphatic carbocycles. The molecule has 0 radical (unpaired) electrons. The highest BCUT2D eigenvalue weighted by Gasteiger charge is 1.96. The Labute approximate surface area is 80.1 Å². The molecule has 1 heterocycles. The fraction of sp³-hybridized carbons (Fsp3) is 0.700. The Bertz CT molecular complexity index is 230. The third-order valence-corrected chi connectivity index (χ3v) is 1.88. The maximum Gasteiger partial charge on any atom is 0.0762 e. The van der Waals surface area contributed by atoms with E-state index in [9.17, 15) is 0 Å². The summed E-state index contributed by atoms with van der Waals surface area (Å²) in [6.07, 6.45) is 4.37. The minimum absolute atomic E-state index is 0.893. The van der Waals surface area contributed by atoms with Crippen LogP contribution in [0.15, 0.2) is 12.3 Å². The molecule has 0 fully saturated rings. The van der Waals surface area contributed by atoms with E-state index < -0.39 is 0 Å². The van der Waals surface area contributed by atoms with Crippen molar-refractivity contribution in [3.63, 3.8) is 0 Å². The normalized spacial score (nSPS) is 10.6. The van der Waals surface area contributed by atoms with E-state index in [0.29, 0.717) is 0 Å². The molecule has 1 aromatic heterocycles. The second-order valence-corrected chi connectivity index (χ2v) is 3.25. The Hall–Kier alpha value is -0.830. The van der Waals surface area contributed by atoms with Crippen molar-refractivity contribution in [3.05, 3.63) is 18.0 Å². The van der Waals surface area contributed by atoms with Crippen molar-refractivity contribution in [2.45, 2.75) is 39.8 Å². The van der Waals surface area contributed by atoms with Gasteiger partial charge in [-0.1, -0.05) is 13.8 Å². The molecule has 3 heteroatoms. The van der Waals surface area contributed by atoms with Crippen LogP contribution >= 0.6 is 0 Å². The average molecular weight is 181 g/mol. The first-order chi connectivity index (χ1) is 6.36. The molecule has 0 saturated heterocycles. The molecular weight excluding hydrogens is 162 g/mol. The first-order valence-corrected chi connectivity index (χ1v) is 5.09. The topological polar surface area (TPSA) is 29.9 Å². The summed E-state index contributed by atoms with van der Waals surface area (Å²) in [6, 6.07) is 2.08. The standard InChI is InChI=1S/C10H19N3/c1-3-6-11-9-10-5-8-13(12-10)7-4-2/h5,8,11H,3-4,6-7,9H2,1-2H3. The van der Waals surface area contributed by atoms with Gasteiger partial charge in [0, 0.05) is 19.3 Å². The average Bonchev–Trinajstić information content (AvgIpc) is 2.54. The molecule has 3 nitrogen and oxygen atoms in total. The molecule has 0 aromatic carbocycles.